The molecule has 1 atom stereocenters. The van der Waals surface area contributed by atoms with Gasteiger partial charge >= 0.3 is 0 Å². The van der Waals surface area contributed by atoms with Crippen LogP contribution >= 0.6 is 0 Å². The Labute approximate surface area is 133 Å². The van der Waals surface area contributed by atoms with Crippen LogP contribution in [0, 0.1) is 0 Å². The summed E-state index contributed by atoms with van der Waals surface area (Å²) in [6, 6.07) is 0. The number of unbranched alkanes of at least 4 members (excludes halogenated alkanes) is 10. The minimum Gasteiger partial charge on any atom is -0.388 e. The second-order valence-electron chi connectivity index (χ2n) is 6.84. The maximum atomic E-state index is 10.2. The van der Waals surface area contributed by atoms with Gasteiger partial charge < -0.3 is 9.84 Å². The van der Waals surface area contributed by atoms with Crippen LogP contribution in [0.1, 0.15) is 104 Å². The van der Waals surface area contributed by atoms with Gasteiger partial charge in [0.2, 0.25) is 0 Å². The molecular weight excluding hydrogens is 260 g/mol. The summed E-state index contributed by atoms with van der Waals surface area (Å²) in [5.41, 5.74) is -0.631. The van der Waals surface area contributed by atoms with Gasteiger partial charge in [-0.15, -0.1) is 0 Å². The Morgan fingerprint density at radius 3 is 1.71 bits per heavy atom. The largest absolute Gasteiger partial charge is 0.388 e. The standard InChI is InChI=1S/C19H40O2/c1-4-6-8-9-10-11-12-13-14-15-16-19(3,20)18-21-17-7-5-2/h20H,4-18H2,1-3H3. The molecule has 0 aromatic rings. The first-order valence-electron chi connectivity index (χ1n) is 9.42. The van der Waals surface area contributed by atoms with E-state index in [4.69, 9.17) is 4.74 Å². The molecule has 128 valence electrons. The maximum absolute atomic E-state index is 10.2. The number of hydrogen-bond donors (Lipinski definition) is 1. The molecule has 0 heterocycles. The zero-order valence-corrected chi connectivity index (χ0v) is 15.0. The topological polar surface area (TPSA) is 29.5 Å². The molecule has 0 radical (unpaired) electrons. The summed E-state index contributed by atoms with van der Waals surface area (Å²) in [5, 5.41) is 10.2. The molecule has 0 saturated carbocycles. The molecule has 2 nitrogen and oxygen atoms in total. The van der Waals surface area contributed by atoms with Crippen molar-refractivity contribution < 1.29 is 9.84 Å². The smallest absolute Gasteiger partial charge is 0.0852 e. The Kier molecular flexibility index (Phi) is 14.8. The first kappa shape index (κ1) is 20.9. The molecule has 0 amide bonds. The van der Waals surface area contributed by atoms with Gasteiger partial charge in [-0.25, -0.2) is 0 Å². The summed E-state index contributed by atoms with van der Waals surface area (Å²) in [6.07, 6.45) is 16.5. The summed E-state index contributed by atoms with van der Waals surface area (Å²) >= 11 is 0. The highest BCUT2D eigenvalue weighted by atomic mass is 16.5. The summed E-state index contributed by atoms with van der Waals surface area (Å²) in [4.78, 5) is 0. The van der Waals surface area contributed by atoms with Crippen molar-refractivity contribution in [3.63, 3.8) is 0 Å². The fraction of sp³-hybridized carbons (Fsp3) is 1.00. The Morgan fingerprint density at radius 2 is 1.19 bits per heavy atom. The van der Waals surface area contributed by atoms with E-state index in [2.05, 4.69) is 13.8 Å². The second kappa shape index (κ2) is 14.8. The van der Waals surface area contributed by atoms with Gasteiger partial charge in [-0.05, 0) is 19.8 Å². The average Bonchev–Trinajstić information content (AvgIpc) is 2.45. The molecule has 0 bridgehead atoms. The van der Waals surface area contributed by atoms with Crippen LogP contribution in [-0.2, 0) is 4.74 Å². The van der Waals surface area contributed by atoms with E-state index in [1.165, 1.54) is 57.8 Å². The van der Waals surface area contributed by atoms with Crippen LogP contribution in [0.3, 0.4) is 0 Å². The SMILES string of the molecule is CCCCCCCCCCCCC(C)(O)COCCCC. The molecule has 21 heavy (non-hydrogen) atoms. The van der Waals surface area contributed by atoms with Crippen LogP contribution in [0.2, 0.25) is 0 Å². The van der Waals surface area contributed by atoms with Gasteiger partial charge in [0, 0.05) is 6.61 Å². The van der Waals surface area contributed by atoms with Crippen LogP contribution in [0.25, 0.3) is 0 Å². The maximum Gasteiger partial charge on any atom is 0.0852 e. The average molecular weight is 301 g/mol. The van der Waals surface area contributed by atoms with Crippen molar-refractivity contribution in [3.05, 3.63) is 0 Å². The Morgan fingerprint density at radius 1 is 0.714 bits per heavy atom. The zero-order valence-electron chi connectivity index (χ0n) is 15.0. The van der Waals surface area contributed by atoms with E-state index in [1.54, 1.807) is 0 Å². The van der Waals surface area contributed by atoms with E-state index in [9.17, 15) is 5.11 Å². The lowest BCUT2D eigenvalue weighted by molar-refractivity contribution is -0.0406. The zero-order chi connectivity index (χ0) is 15.8. The van der Waals surface area contributed by atoms with E-state index in [1.807, 2.05) is 6.92 Å². The summed E-state index contributed by atoms with van der Waals surface area (Å²) in [7, 11) is 0. The third-order valence-corrected chi connectivity index (χ3v) is 4.12. The van der Waals surface area contributed by atoms with Crippen molar-refractivity contribution in [3.8, 4) is 0 Å². The van der Waals surface area contributed by atoms with E-state index in [-0.39, 0.29) is 0 Å². The number of rotatable bonds is 16. The fourth-order valence-corrected chi connectivity index (χ4v) is 2.60. The van der Waals surface area contributed by atoms with Gasteiger partial charge in [0.25, 0.3) is 0 Å². The fourth-order valence-electron chi connectivity index (χ4n) is 2.60. The lowest BCUT2D eigenvalue weighted by Crippen LogP contribution is -2.30. The molecular formula is C19H40O2. The van der Waals surface area contributed by atoms with Crippen molar-refractivity contribution in [2.75, 3.05) is 13.2 Å². The number of ether oxygens (including phenoxy) is 1. The van der Waals surface area contributed by atoms with Gasteiger partial charge in [-0.1, -0.05) is 84.5 Å². The molecule has 0 spiro atoms. The van der Waals surface area contributed by atoms with E-state index >= 15 is 0 Å². The summed E-state index contributed by atoms with van der Waals surface area (Å²) in [6.45, 7) is 7.61. The minimum absolute atomic E-state index is 0.491. The molecule has 2 heteroatoms. The minimum atomic E-state index is -0.631. The van der Waals surface area contributed by atoms with Crippen LogP contribution in [-0.4, -0.2) is 23.9 Å². The van der Waals surface area contributed by atoms with Crippen molar-refractivity contribution in [2.45, 2.75) is 110 Å². The molecule has 0 aliphatic carbocycles. The highest BCUT2D eigenvalue weighted by Crippen LogP contribution is 2.17. The number of aliphatic hydroxyl groups is 1. The van der Waals surface area contributed by atoms with Crippen LogP contribution < -0.4 is 0 Å². The highest BCUT2D eigenvalue weighted by Gasteiger charge is 2.19. The summed E-state index contributed by atoms with van der Waals surface area (Å²) in [5.74, 6) is 0. The Hall–Kier alpha value is -0.0800. The Balaban J connectivity index is 3.28. The van der Waals surface area contributed by atoms with Crippen LogP contribution in [0.15, 0.2) is 0 Å². The van der Waals surface area contributed by atoms with Crippen molar-refractivity contribution >= 4 is 0 Å². The molecule has 1 N–H and O–H groups in total. The molecule has 0 aliphatic rings. The van der Waals surface area contributed by atoms with Gasteiger partial charge in [0.05, 0.1) is 12.2 Å². The monoisotopic (exact) mass is 300 g/mol. The summed E-state index contributed by atoms with van der Waals surface area (Å²) < 4.78 is 5.53. The predicted molar refractivity (Wildman–Crippen MR) is 92.8 cm³/mol. The molecule has 0 fully saturated rings. The third-order valence-electron chi connectivity index (χ3n) is 4.12. The molecule has 0 aliphatic heterocycles. The molecule has 0 saturated heterocycles. The van der Waals surface area contributed by atoms with Crippen molar-refractivity contribution in [1.82, 2.24) is 0 Å². The second-order valence-corrected chi connectivity index (χ2v) is 6.84. The molecule has 0 rings (SSSR count). The van der Waals surface area contributed by atoms with Gasteiger partial charge in [-0.2, -0.15) is 0 Å². The third kappa shape index (κ3) is 16.1. The van der Waals surface area contributed by atoms with Crippen molar-refractivity contribution in [2.24, 2.45) is 0 Å². The molecule has 0 aromatic carbocycles. The lowest BCUT2D eigenvalue weighted by Gasteiger charge is -2.23. The quantitative estimate of drug-likeness (QED) is 0.361. The van der Waals surface area contributed by atoms with E-state index < -0.39 is 5.60 Å². The van der Waals surface area contributed by atoms with Crippen molar-refractivity contribution in [1.29, 1.82) is 0 Å². The molecule has 1 unspecified atom stereocenters. The van der Waals surface area contributed by atoms with E-state index in [0.29, 0.717) is 6.61 Å². The van der Waals surface area contributed by atoms with Gasteiger partial charge in [0.1, 0.15) is 0 Å². The first-order valence-corrected chi connectivity index (χ1v) is 9.42. The normalized spacial score (nSPS) is 14.3. The highest BCUT2D eigenvalue weighted by molar-refractivity contribution is 4.71. The van der Waals surface area contributed by atoms with Crippen LogP contribution in [0.5, 0.6) is 0 Å². The van der Waals surface area contributed by atoms with Gasteiger partial charge in [-0.3, -0.25) is 0 Å². The predicted octanol–water partition coefficient (Wildman–Crippen LogP) is 5.87. The Bertz CT molecular complexity index is 202. The van der Waals surface area contributed by atoms with Crippen LogP contribution in [0.4, 0.5) is 0 Å². The van der Waals surface area contributed by atoms with Gasteiger partial charge in [0.15, 0.2) is 0 Å². The lowest BCUT2D eigenvalue weighted by atomic mass is 9.98. The van der Waals surface area contributed by atoms with E-state index in [0.717, 1.165) is 32.3 Å². The molecule has 0 aromatic heterocycles. The number of hydrogen-bond acceptors (Lipinski definition) is 2. The first-order chi connectivity index (χ1) is 10.1.